The summed E-state index contributed by atoms with van der Waals surface area (Å²) in [4.78, 5) is 11.0. The molecule has 1 unspecified atom stereocenters. The van der Waals surface area contributed by atoms with Gasteiger partial charge >= 0.3 is 5.97 Å². The predicted molar refractivity (Wildman–Crippen MR) is 69.0 cm³/mol. The molecule has 0 spiro atoms. The van der Waals surface area contributed by atoms with Crippen LogP contribution < -0.4 is 4.74 Å². The largest absolute Gasteiger partial charge is 0.492 e. The smallest absolute Gasteiger partial charge is 0.305 e. The number of halogens is 1. The lowest BCUT2D eigenvalue weighted by molar-refractivity contribution is -0.140. The molecule has 0 aliphatic rings. The van der Waals surface area contributed by atoms with Crippen molar-refractivity contribution in [3.63, 3.8) is 0 Å². The van der Waals surface area contributed by atoms with Gasteiger partial charge in [-0.15, -0.1) is 11.6 Å². The zero-order valence-electron chi connectivity index (χ0n) is 10.3. The Morgan fingerprint density at radius 3 is 2.61 bits per heavy atom. The Balaban J connectivity index is 2.40. The van der Waals surface area contributed by atoms with E-state index >= 15 is 0 Å². The van der Waals surface area contributed by atoms with Gasteiger partial charge < -0.3 is 14.6 Å². The molecule has 0 aliphatic carbocycles. The van der Waals surface area contributed by atoms with Crippen LogP contribution in [-0.2, 0) is 16.0 Å². The zero-order chi connectivity index (χ0) is 13.4. The van der Waals surface area contributed by atoms with Gasteiger partial charge in [-0.2, -0.15) is 0 Å². The molecule has 0 fully saturated rings. The van der Waals surface area contributed by atoms with Gasteiger partial charge in [0.25, 0.3) is 0 Å². The SMILES string of the molecule is COC(=O)CCc1ccc(OCC(Cl)CO)cc1. The van der Waals surface area contributed by atoms with Crippen LogP contribution in [0.2, 0.25) is 0 Å². The summed E-state index contributed by atoms with van der Waals surface area (Å²) in [6.07, 6.45) is 1.01. The van der Waals surface area contributed by atoms with Crippen molar-refractivity contribution in [1.29, 1.82) is 0 Å². The molecule has 1 rings (SSSR count). The molecule has 0 amide bonds. The number of carbonyl (C=O) groups is 1. The molecule has 0 aromatic heterocycles. The van der Waals surface area contributed by atoms with E-state index in [1.54, 1.807) is 0 Å². The average Bonchev–Trinajstić information content (AvgIpc) is 2.43. The van der Waals surface area contributed by atoms with Gasteiger partial charge in [-0.25, -0.2) is 0 Å². The summed E-state index contributed by atoms with van der Waals surface area (Å²) in [5.41, 5.74) is 1.04. The van der Waals surface area contributed by atoms with E-state index < -0.39 is 5.38 Å². The number of aliphatic hydroxyl groups excluding tert-OH is 1. The van der Waals surface area contributed by atoms with Gasteiger partial charge in [0.2, 0.25) is 0 Å². The molecule has 100 valence electrons. The molecular weight excluding hydrogens is 256 g/mol. The van der Waals surface area contributed by atoms with Gasteiger partial charge in [-0.3, -0.25) is 4.79 Å². The second-order valence-corrected chi connectivity index (χ2v) is 4.43. The van der Waals surface area contributed by atoms with Crippen LogP contribution in [0.25, 0.3) is 0 Å². The number of carbonyl (C=O) groups excluding carboxylic acids is 1. The fourth-order valence-corrected chi connectivity index (χ4v) is 1.40. The lowest BCUT2D eigenvalue weighted by Gasteiger charge is -2.09. The minimum absolute atomic E-state index is 0.112. The maximum atomic E-state index is 11.0. The molecule has 1 N–H and O–H groups in total. The second-order valence-electron chi connectivity index (χ2n) is 3.81. The molecule has 0 aliphatic heterocycles. The van der Waals surface area contributed by atoms with Crippen LogP contribution in [0.4, 0.5) is 0 Å². The molecule has 0 radical (unpaired) electrons. The fourth-order valence-electron chi connectivity index (χ4n) is 1.34. The molecule has 4 nitrogen and oxygen atoms in total. The summed E-state index contributed by atoms with van der Waals surface area (Å²) in [6, 6.07) is 7.40. The topological polar surface area (TPSA) is 55.8 Å². The monoisotopic (exact) mass is 272 g/mol. The molecule has 0 heterocycles. The first-order chi connectivity index (χ1) is 8.65. The van der Waals surface area contributed by atoms with E-state index in [0.29, 0.717) is 18.6 Å². The van der Waals surface area contributed by atoms with Crippen LogP contribution in [0.3, 0.4) is 0 Å². The summed E-state index contributed by atoms with van der Waals surface area (Å²) >= 11 is 5.72. The number of hydrogen-bond donors (Lipinski definition) is 1. The quantitative estimate of drug-likeness (QED) is 0.607. The first-order valence-corrected chi connectivity index (χ1v) is 6.13. The van der Waals surface area contributed by atoms with Crippen LogP contribution in [0.5, 0.6) is 5.75 Å². The van der Waals surface area contributed by atoms with Crippen molar-refractivity contribution in [3.05, 3.63) is 29.8 Å². The van der Waals surface area contributed by atoms with Gasteiger partial charge in [0.15, 0.2) is 0 Å². The Bertz CT molecular complexity index is 364. The highest BCUT2D eigenvalue weighted by atomic mass is 35.5. The maximum absolute atomic E-state index is 11.0. The summed E-state index contributed by atoms with van der Waals surface area (Å²) in [7, 11) is 1.38. The Morgan fingerprint density at radius 2 is 2.06 bits per heavy atom. The number of aryl methyl sites for hydroxylation is 1. The Morgan fingerprint density at radius 1 is 1.39 bits per heavy atom. The van der Waals surface area contributed by atoms with Crippen LogP contribution in [0.1, 0.15) is 12.0 Å². The third-order valence-electron chi connectivity index (χ3n) is 2.40. The second kappa shape index (κ2) is 7.95. The minimum atomic E-state index is -0.399. The van der Waals surface area contributed by atoms with E-state index in [9.17, 15) is 4.79 Å². The van der Waals surface area contributed by atoms with Crippen molar-refractivity contribution >= 4 is 17.6 Å². The van der Waals surface area contributed by atoms with E-state index in [0.717, 1.165) is 5.56 Å². The Kier molecular flexibility index (Phi) is 6.54. The molecule has 18 heavy (non-hydrogen) atoms. The fraction of sp³-hybridized carbons (Fsp3) is 0.462. The van der Waals surface area contributed by atoms with Crippen molar-refractivity contribution in [1.82, 2.24) is 0 Å². The number of benzene rings is 1. The summed E-state index contributed by atoms with van der Waals surface area (Å²) in [5.74, 6) is 0.471. The standard InChI is InChI=1S/C13H17ClO4/c1-17-13(16)7-4-10-2-5-12(6-3-10)18-9-11(14)8-15/h2-3,5-6,11,15H,4,7-9H2,1H3. The van der Waals surface area contributed by atoms with E-state index in [-0.39, 0.29) is 19.2 Å². The summed E-state index contributed by atoms with van der Waals surface area (Å²) < 4.78 is 9.95. The lowest BCUT2D eigenvalue weighted by atomic mass is 10.1. The predicted octanol–water partition coefficient (Wildman–Crippen LogP) is 1.77. The van der Waals surface area contributed by atoms with Gasteiger partial charge in [0, 0.05) is 6.42 Å². The van der Waals surface area contributed by atoms with Gasteiger partial charge in [0.1, 0.15) is 12.4 Å². The van der Waals surface area contributed by atoms with Crippen molar-refractivity contribution < 1.29 is 19.4 Å². The Labute approximate surface area is 111 Å². The first kappa shape index (κ1) is 14.8. The highest BCUT2D eigenvalue weighted by Gasteiger charge is 2.04. The lowest BCUT2D eigenvalue weighted by Crippen LogP contribution is -2.15. The first-order valence-electron chi connectivity index (χ1n) is 5.69. The van der Waals surface area contributed by atoms with E-state index in [1.807, 2.05) is 24.3 Å². The van der Waals surface area contributed by atoms with Crippen LogP contribution in [0, 0.1) is 0 Å². The van der Waals surface area contributed by atoms with Gasteiger partial charge in [-0.05, 0) is 24.1 Å². The molecular formula is C13H17ClO4. The molecule has 0 saturated heterocycles. The van der Waals surface area contributed by atoms with Crippen molar-refractivity contribution in [2.24, 2.45) is 0 Å². The summed E-state index contributed by atoms with van der Waals surface area (Å²) in [5, 5.41) is 8.35. The normalized spacial score (nSPS) is 11.9. The van der Waals surface area contributed by atoms with Crippen LogP contribution in [0.15, 0.2) is 24.3 Å². The zero-order valence-corrected chi connectivity index (χ0v) is 11.0. The number of rotatable bonds is 7. The number of aliphatic hydroxyl groups is 1. The number of alkyl halides is 1. The molecule has 5 heteroatoms. The number of methoxy groups -OCH3 is 1. The van der Waals surface area contributed by atoms with E-state index in [2.05, 4.69) is 4.74 Å². The number of ether oxygens (including phenoxy) is 2. The van der Waals surface area contributed by atoms with Gasteiger partial charge in [0.05, 0.1) is 19.1 Å². The van der Waals surface area contributed by atoms with E-state index in [4.69, 9.17) is 21.4 Å². The van der Waals surface area contributed by atoms with Crippen LogP contribution in [-0.4, -0.2) is 36.8 Å². The van der Waals surface area contributed by atoms with Crippen molar-refractivity contribution in [2.45, 2.75) is 18.2 Å². The molecule has 0 bridgehead atoms. The minimum Gasteiger partial charge on any atom is -0.492 e. The number of hydrogen-bond acceptors (Lipinski definition) is 4. The summed E-state index contributed by atoms with van der Waals surface area (Å²) in [6.45, 7) is 0.151. The van der Waals surface area contributed by atoms with Gasteiger partial charge in [-0.1, -0.05) is 12.1 Å². The maximum Gasteiger partial charge on any atom is 0.305 e. The highest BCUT2D eigenvalue weighted by Crippen LogP contribution is 2.14. The third kappa shape index (κ3) is 5.38. The molecule has 1 aromatic rings. The van der Waals surface area contributed by atoms with Crippen molar-refractivity contribution in [3.8, 4) is 5.75 Å². The third-order valence-corrected chi connectivity index (χ3v) is 2.66. The van der Waals surface area contributed by atoms with E-state index in [1.165, 1.54) is 7.11 Å². The molecule has 0 saturated carbocycles. The average molecular weight is 273 g/mol. The van der Waals surface area contributed by atoms with Crippen molar-refractivity contribution in [2.75, 3.05) is 20.3 Å². The number of esters is 1. The Hall–Kier alpha value is -1.26. The molecule has 1 aromatic carbocycles. The van der Waals surface area contributed by atoms with Crippen LogP contribution >= 0.6 is 11.6 Å². The molecule has 1 atom stereocenters. The highest BCUT2D eigenvalue weighted by molar-refractivity contribution is 6.20.